The van der Waals surface area contributed by atoms with Crippen LogP contribution >= 0.6 is 0 Å². The Morgan fingerprint density at radius 2 is 1.70 bits per heavy atom. The third kappa shape index (κ3) is 5.52. The highest BCUT2D eigenvalue weighted by Gasteiger charge is 2.27. The van der Waals surface area contributed by atoms with Crippen LogP contribution in [0.1, 0.15) is 48.9 Å². The van der Waals surface area contributed by atoms with Crippen LogP contribution in [0.2, 0.25) is 0 Å². The molecule has 3 aliphatic heterocycles. The monoisotopic (exact) mass is 434 g/mol. The van der Waals surface area contributed by atoms with Crippen molar-refractivity contribution in [1.82, 2.24) is 14.8 Å². The molecule has 0 aliphatic carbocycles. The molecule has 0 bridgehead atoms. The standard InChI is InChI=1S/C22H34N4O3S/c27-22(25-12-14-30(28,29)15-13-25)20-7-8-21(23-16-20)26-11-5-6-19(18-26)17-24-9-3-1-2-4-10-24/h7-8,16,19H,1-6,9-15,17-18H2. The molecule has 3 saturated heterocycles. The molecule has 8 heteroatoms. The molecule has 3 aliphatic rings. The quantitative estimate of drug-likeness (QED) is 0.722. The van der Waals surface area contributed by atoms with Crippen molar-refractivity contribution in [3.63, 3.8) is 0 Å². The van der Waals surface area contributed by atoms with E-state index in [-0.39, 0.29) is 30.5 Å². The second-order valence-electron chi connectivity index (χ2n) is 9.02. The van der Waals surface area contributed by atoms with Gasteiger partial charge in [-0.1, -0.05) is 12.8 Å². The molecule has 4 rings (SSSR count). The van der Waals surface area contributed by atoms with Crippen molar-refractivity contribution in [2.45, 2.75) is 38.5 Å². The lowest BCUT2D eigenvalue weighted by Crippen LogP contribution is -2.43. The van der Waals surface area contributed by atoms with Gasteiger partial charge in [0.1, 0.15) is 5.82 Å². The van der Waals surface area contributed by atoms with E-state index in [1.165, 1.54) is 58.2 Å². The van der Waals surface area contributed by atoms with Crippen LogP contribution in [0.4, 0.5) is 5.82 Å². The summed E-state index contributed by atoms with van der Waals surface area (Å²) in [7, 11) is -2.99. The van der Waals surface area contributed by atoms with Crippen LogP contribution in [0, 0.1) is 5.92 Å². The van der Waals surface area contributed by atoms with E-state index in [1.807, 2.05) is 12.1 Å². The third-order valence-electron chi connectivity index (χ3n) is 6.68. The molecule has 1 unspecified atom stereocenters. The molecular weight excluding hydrogens is 400 g/mol. The normalized spacial score (nSPS) is 25.7. The number of rotatable bonds is 4. The Labute approximate surface area is 180 Å². The number of piperidine rings is 1. The maximum absolute atomic E-state index is 12.7. The van der Waals surface area contributed by atoms with Gasteiger partial charge in [0.15, 0.2) is 9.84 Å². The largest absolute Gasteiger partial charge is 0.356 e. The van der Waals surface area contributed by atoms with Crippen molar-refractivity contribution in [2.24, 2.45) is 5.92 Å². The zero-order valence-corrected chi connectivity index (χ0v) is 18.7. The molecule has 0 radical (unpaired) electrons. The number of carbonyl (C=O) groups excluding carboxylic acids is 1. The van der Waals surface area contributed by atoms with Gasteiger partial charge in [0.2, 0.25) is 0 Å². The first kappa shape index (κ1) is 21.6. The Morgan fingerprint density at radius 3 is 2.37 bits per heavy atom. The molecule has 4 heterocycles. The average molecular weight is 435 g/mol. The minimum absolute atomic E-state index is 0.0520. The van der Waals surface area contributed by atoms with Gasteiger partial charge in [-0.25, -0.2) is 13.4 Å². The molecule has 1 aromatic heterocycles. The van der Waals surface area contributed by atoms with E-state index in [2.05, 4.69) is 14.8 Å². The van der Waals surface area contributed by atoms with Gasteiger partial charge in [-0.05, 0) is 56.8 Å². The molecule has 1 atom stereocenters. The van der Waals surface area contributed by atoms with E-state index in [0.717, 1.165) is 18.9 Å². The maximum Gasteiger partial charge on any atom is 0.255 e. The van der Waals surface area contributed by atoms with Crippen LogP contribution in [0.3, 0.4) is 0 Å². The van der Waals surface area contributed by atoms with E-state index >= 15 is 0 Å². The zero-order valence-electron chi connectivity index (χ0n) is 17.8. The van der Waals surface area contributed by atoms with Gasteiger partial charge in [-0.3, -0.25) is 4.79 Å². The van der Waals surface area contributed by atoms with Crippen molar-refractivity contribution >= 4 is 21.6 Å². The van der Waals surface area contributed by atoms with E-state index in [0.29, 0.717) is 11.5 Å². The van der Waals surface area contributed by atoms with Crippen molar-refractivity contribution in [3.05, 3.63) is 23.9 Å². The van der Waals surface area contributed by atoms with Gasteiger partial charge >= 0.3 is 0 Å². The number of amides is 1. The van der Waals surface area contributed by atoms with Crippen LogP contribution in [-0.4, -0.2) is 86.4 Å². The number of sulfone groups is 1. The molecule has 3 fully saturated rings. The molecule has 0 aromatic carbocycles. The number of nitrogens with zero attached hydrogens (tertiary/aromatic N) is 4. The topological polar surface area (TPSA) is 73.8 Å². The Morgan fingerprint density at radius 1 is 0.967 bits per heavy atom. The minimum Gasteiger partial charge on any atom is -0.356 e. The fourth-order valence-electron chi connectivity index (χ4n) is 4.90. The van der Waals surface area contributed by atoms with Gasteiger partial charge in [0.05, 0.1) is 17.1 Å². The lowest BCUT2D eigenvalue weighted by Gasteiger charge is -2.36. The van der Waals surface area contributed by atoms with Crippen LogP contribution in [0.15, 0.2) is 18.3 Å². The lowest BCUT2D eigenvalue weighted by atomic mass is 9.97. The molecule has 0 saturated carbocycles. The second-order valence-corrected chi connectivity index (χ2v) is 11.3. The molecule has 0 N–H and O–H groups in total. The van der Waals surface area contributed by atoms with Gasteiger partial charge in [0, 0.05) is 38.9 Å². The Balaban J connectivity index is 1.33. The minimum atomic E-state index is -2.99. The summed E-state index contributed by atoms with van der Waals surface area (Å²) in [5.41, 5.74) is 0.538. The SMILES string of the molecule is O=C(c1ccc(N2CCCC(CN3CCCCCC3)C2)nc1)N1CCS(=O)(=O)CC1. The van der Waals surface area contributed by atoms with Crippen LogP contribution in [0.25, 0.3) is 0 Å². The molecule has 1 amide bonds. The maximum atomic E-state index is 12.7. The van der Waals surface area contributed by atoms with Crippen molar-refractivity contribution < 1.29 is 13.2 Å². The first-order valence-corrected chi connectivity index (χ1v) is 13.3. The Hall–Kier alpha value is -1.67. The number of pyridine rings is 1. The summed E-state index contributed by atoms with van der Waals surface area (Å²) < 4.78 is 23.2. The van der Waals surface area contributed by atoms with Crippen molar-refractivity contribution in [3.8, 4) is 0 Å². The van der Waals surface area contributed by atoms with E-state index in [4.69, 9.17) is 0 Å². The fraction of sp³-hybridized carbons (Fsp3) is 0.727. The molecular formula is C22H34N4O3S. The summed E-state index contributed by atoms with van der Waals surface area (Å²) >= 11 is 0. The van der Waals surface area contributed by atoms with Gasteiger partial charge in [-0.15, -0.1) is 0 Å². The smallest absolute Gasteiger partial charge is 0.255 e. The van der Waals surface area contributed by atoms with Crippen molar-refractivity contribution in [2.75, 3.05) is 62.2 Å². The summed E-state index contributed by atoms with van der Waals surface area (Å²) in [6.45, 7) is 6.25. The summed E-state index contributed by atoms with van der Waals surface area (Å²) in [4.78, 5) is 23.9. The number of hydrogen-bond acceptors (Lipinski definition) is 6. The number of likely N-dealkylation sites (tertiary alicyclic amines) is 1. The van der Waals surface area contributed by atoms with Crippen LogP contribution < -0.4 is 4.90 Å². The first-order chi connectivity index (χ1) is 14.5. The highest BCUT2D eigenvalue weighted by atomic mass is 32.2. The summed E-state index contributed by atoms with van der Waals surface area (Å²) in [5, 5.41) is 0. The van der Waals surface area contributed by atoms with Gasteiger partial charge in [-0.2, -0.15) is 0 Å². The Kier molecular flexibility index (Phi) is 6.93. The van der Waals surface area contributed by atoms with E-state index in [1.54, 1.807) is 11.1 Å². The zero-order chi connectivity index (χ0) is 21.0. The fourth-order valence-corrected chi connectivity index (χ4v) is 6.11. The number of carbonyl (C=O) groups is 1. The molecule has 166 valence electrons. The number of anilines is 1. The number of hydrogen-bond donors (Lipinski definition) is 0. The predicted molar refractivity (Wildman–Crippen MR) is 119 cm³/mol. The average Bonchev–Trinajstić information content (AvgIpc) is 3.02. The number of aromatic nitrogens is 1. The van der Waals surface area contributed by atoms with E-state index in [9.17, 15) is 13.2 Å². The molecule has 1 aromatic rings. The van der Waals surface area contributed by atoms with Gasteiger partial charge in [0.25, 0.3) is 5.91 Å². The van der Waals surface area contributed by atoms with E-state index < -0.39 is 9.84 Å². The molecule has 7 nitrogen and oxygen atoms in total. The Bertz CT molecular complexity index is 805. The van der Waals surface area contributed by atoms with Gasteiger partial charge < -0.3 is 14.7 Å². The molecule has 30 heavy (non-hydrogen) atoms. The third-order valence-corrected chi connectivity index (χ3v) is 8.29. The summed E-state index contributed by atoms with van der Waals surface area (Å²) in [6, 6.07) is 3.79. The molecule has 0 spiro atoms. The second kappa shape index (κ2) is 9.64. The van der Waals surface area contributed by atoms with Crippen LogP contribution in [0.5, 0.6) is 0 Å². The first-order valence-electron chi connectivity index (χ1n) is 11.4. The predicted octanol–water partition coefficient (Wildman–Crippen LogP) is 2.04. The highest BCUT2D eigenvalue weighted by Crippen LogP contribution is 2.24. The summed E-state index contributed by atoms with van der Waals surface area (Å²) in [5.74, 6) is 1.59. The van der Waals surface area contributed by atoms with Crippen molar-refractivity contribution in [1.29, 1.82) is 0 Å². The summed E-state index contributed by atoms with van der Waals surface area (Å²) in [6.07, 6.45) is 9.52. The van der Waals surface area contributed by atoms with Crippen LogP contribution in [-0.2, 0) is 9.84 Å². The lowest BCUT2D eigenvalue weighted by molar-refractivity contribution is 0.0770. The highest BCUT2D eigenvalue weighted by molar-refractivity contribution is 7.91.